The molecule has 0 saturated carbocycles. The van der Waals surface area contributed by atoms with Crippen LogP contribution in [0.1, 0.15) is 41.3 Å². The highest BCUT2D eigenvalue weighted by molar-refractivity contribution is 6.36. The van der Waals surface area contributed by atoms with Gasteiger partial charge in [-0.2, -0.15) is 5.10 Å². The van der Waals surface area contributed by atoms with Crippen molar-refractivity contribution in [2.24, 2.45) is 12.0 Å². The van der Waals surface area contributed by atoms with Gasteiger partial charge in [-0.3, -0.25) is 9.58 Å². The van der Waals surface area contributed by atoms with E-state index in [0.29, 0.717) is 52.9 Å². The van der Waals surface area contributed by atoms with E-state index < -0.39 is 0 Å². The summed E-state index contributed by atoms with van der Waals surface area (Å²) in [5.74, 6) is 0.356. The van der Waals surface area contributed by atoms with Gasteiger partial charge < -0.3 is 24.8 Å². The van der Waals surface area contributed by atoms with Crippen LogP contribution in [0.4, 0.5) is 10.5 Å². The van der Waals surface area contributed by atoms with E-state index in [1.165, 1.54) is 10.2 Å². The van der Waals surface area contributed by atoms with Crippen molar-refractivity contribution in [1.82, 2.24) is 34.9 Å². The number of ether oxygens (including phenoxy) is 2. The molecule has 274 valence electrons. The summed E-state index contributed by atoms with van der Waals surface area (Å²) in [6.07, 6.45) is 4.40. The molecule has 1 aromatic heterocycles. The lowest BCUT2D eigenvalue weighted by Gasteiger charge is -2.28. The highest BCUT2D eigenvalue weighted by Gasteiger charge is 2.49. The maximum atomic E-state index is 13.1. The van der Waals surface area contributed by atoms with E-state index >= 15 is 0 Å². The fourth-order valence-corrected chi connectivity index (χ4v) is 8.67. The van der Waals surface area contributed by atoms with Crippen LogP contribution in [0.15, 0.2) is 59.7 Å². The molecule has 53 heavy (non-hydrogen) atoms. The van der Waals surface area contributed by atoms with Crippen LogP contribution < -0.4 is 20.6 Å². The molecule has 5 heterocycles. The van der Waals surface area contributed by atoms with Crippen molar-refractivity contribution in [3.8, 4) is 45.3 Å². The lowest BCUT2D eigenvalue weighted by Crippen LogP contribution is -2.46. The first-order valence-corrected chi connectivity index (χ1v) is 18.3. The predicted molar refractivity (Wildman–Crippen MR) is 200 cm³/mol. The normalized spacial score (nSPS) is 20.2. The SMILES string of the molecule is COCCN1C[C@@]2(CCN([C@@H]3CCc4cc(-c5cccc(-c6cccc(N=c7nc(C)cc8cnn(C)c([O-])c7-8)c6C)c5Cl)nc(OC)c43)C2)NC1=O. The van der Waals surface area contributed by atoms with Gasteiger partial charge in [-0.25, -0.2) is 19.8 Å². The summed E-state index contributed by atoms with van der Waals surface area (Å²) in [5, 5.41) is 21.1. The van der Waals surface area contributed by atoms with Crippen LogP contribution in [-0.2, 0) is 18.2 Å². The van der Waals surface area contributed by atoms with Crippen molar-refractivity contribution in [3.63, 3.8) is 0 Å². The minimum absolute atomic E-state index is 0.0168. The molecule has 1 spiro atoms. The van der Waals surface area contributed by atoms with Crippen LogP contribution in [0.2, 0.25) is 5.02 Å². The summed E-state index contributed by atoms with van der Waals surface area (Å²) in [7, 11) is 4.95. The van der Waals surface area contributed by atoms with Gasteiger partial charge >= 0.3 is 6.03 Å². The quantitative estimate of drug-likeness (QED) is 0.226. The molecular formula is C40H42ClN8O4-. The number of hydrogen-bond acceptors (Lipinski definition) is 9. The lowest BCUT2D eigenvalue weighted by atomic mass is 9.96. The van der Waals surface area contributed by atoms with Gasteiger partial charge in [0.05, 0.1) is 41.9 Å². The molecule has 8 rings (SSSR count). The van der Waals surface area contributed by atoms with Crippen LogP contribution in [0.25, 0.3) is 33.5 Å². The Hall–Kier alpha value is -5.04. The Bertz CT molecular complexity index is 2290. The van der Waals surface area contributed by atoms with Gasteiger partial charge in [-0.1, -0.05) is 41.9 Å². The molecule has 2 aromatic carbocycles. The average molecular weight is 734 g/mol. The molecule has 13 heteroatoms. The Morgan fingerprint density at radius 2 is 1.87 bits per heavy atom. The van der Waals surface area contributed by atoms with Crippen molar-refractivity contribution in [2.45, 2.75) is 44.7 Å². The van der Waals surface area contributed by atoms with Crippen molar-refractivity contribution in [3.05, 3.63) is 87.6 Å². The number of aryl methyl sites for hydroxylation is 3. The van der Waals surface area contributed by atoms with Crippen LogP contribution in [0.5, 0.6) is 11.8 Å². The van der Waals surface area contributed by atoms with Gasteiger partial charge in [0.2, 0.25) is 5.88 Å². The van der Waals surface area contributed by atoms with Gasteiger partial charge in [0.25, 0.3) is 0 Å². The largest absolute Gasteiger partial charge is 0.858 e. The molecular weight excluding hydrogens is 692 g/mol. The molecule has 0 radical (unpaired) electrons. The number of pyridine rings is 2. The molecule has 2 atom stereocenters. The molecule has 1 N–H and O–H groups in total. The van der Waals surface area contributed by atoms with Gasteiger partial charge in [-0.15, -0.1) is 0 Å². The molecule has 3 aromatic rings. The highest BCUT2D eigenvalue weighted by atomic mass is 35.5. The molecule has 2 amide bonds. The monoisotopic (exact) mass is 733 g/mol. The number of urea groups is 1. The van der Waals surface area contributed by atoms with E-state index in [0.717, 1.165) is 71.6 Å². The van der Waals surface area contributed by atoms with E-state index in [1.807, 2.05) is 61.2 Å². The lowest BCUT2D eigenvalue weighted by molar-refractivity contribution is -0.279. The molecule has 0 unspecified atom stereocenters. The van der Waals surface area contributed by atoms with Crippen LogP contribution in [-0.4, -0.2) is 88.1 Å². The second-order valence-electron chi connectivity index (χ2n) is 14.3. The Labute approximate surface area is 313 Å². The zero-order valence-electron chi connectivity index (χ0n) is 30.6. The number of carbonyl (C=O) groups excluding carboxylic acids is 1. The van der Waals surface area contributed by atoms with E-state index in [-0.39, 0.29) is 23.5 Å². The third-order valence-corrected chi connectivity index (χ3v) is 11.4. The first kappa shape index (κ1) is 35.0. The Kier molecular flexibility index (Phi) is 9.08. The fourth-order valence-electron chi connectivity index (χ4n) is 8.34. The molecule has 2 saturated heterocycles. The number of fused-ring (bicyclic) bond motifs is 2. The van der Waals surface area contributed by atoms with Crippen molar-refractivity contribution in [2.75, 3.05) is 47.0 Å². The number of carbonyl (C=O) groups is 1. The van der Waals surface area contributed by atoms with E-state index in [1.54, 1.807) is 27.5 Å². The minimum Gasteiger partial charge on any atom is -0.858 e. The Morgan fingerprint density at radius 3 is 2.68 bits per heavy atom. The number of halogens is 1. The maximum absolute atomic E-state index is 13.1. The number of rotatable bonds is 8. The molecule has 12 nitrogen and oxygen atoms in total. The summed E-state index contributed by atoms with van der Waals surface area (Å²) in [4.78, 5) is 31.7. The second kappa shape index (κ2) is 13.7. The Morgan fingerprint density at radius 1 is 1.08 bits per heavy atom. The standard InChI is InChI=1S/C40H43ClN8O4/c1-23-18-26-20-42-47(3)38(50)34(26)36(43-23)44-30-11-7-8-27(24(30)2)28-9-6-10-29(35(28)41)31-19-25-12-13-32(33(25)37(45-31)53-5)48-15-14-40(21-48)22-49(16-17-52-4)39(51)46-40/h6-11,18-20,32,50H,12-17,21-22H2,1-5H3,(H,46,51)/p-1/t32-,40+/m1/s1. The summed E-state index contributed by atoms with van der Waals surface area (Å²) >= 11 is 7.27. The number of nitrogens with one attached hydrogen (secondary N) is 1. The number of methoxy groups -OCH3 is 2. The fraction of sp³-hybridized carbons (Fsp3) is 0.375. The summed E-state index contributed by atoms with van der Waals surface area (Å²) in [6, 6.07) is 16.0. The second-order valence-corrected chi connectivity index (χ2v) is 14.7. The molecule has 1 aliphatic carbocycles. The highest BCUT2D eigenvalue weighted by Crippen LogP contribution is 2.46. The zero-order valence-corrected chi connectivity index (χ0v) is 31.3. The van der Waals surface area contributed by atoms with Crippen LogP contribution in [0, 0.1) is 13.8 Å². The maximum Gasteiger partial charge on any atom is 0.318 e. The molecule has 5 aliphatic rings. The van der Waals surface area contributed by atoms with E-state index in [9.17, 15) is 9.90 Å². The summed E-state index contributed by atoms with van der Waals surface area (Å²) < 4.78 is 12.5. The van der Waals surface area contributed by atoms with Gasteiger partial charge in [0.1, 0.15) is 0 Å². The molecule has 0 bridgehead atoms. The Balaban J connectivity index is 1.11. The van der Waals surface area contributed by atoms with Gasteiger partial charge in [0.15, 0.2) is 5.49 Å². The van der Waals surface area contributed by atoms with Crippen LogP contribution in [0.3, 0.4) is 0 Å². The first-order chi connectivity index (χ1) is 25.6. The number of nitrogens with zero attached hydrogens (tertiary/aromatic N) is 7. The van der Waals surface area contributed by atoms with Crippen molar-refractivity contribution < 1.29 is 19.4 Å². The number of amides is 2. The van der Waals surface area contributed by atoms with E-state index in [2.05, 4.69) is 26.4 Å². The number of hydrogen-bond donors (Lipinski definition) is 1. The summed E-state index contributed by atoms with van der Waals surface area (Å²) in [5.41, 5.74) is 9.21. The number of benzene rings is 2. The predicted octanol–water partition coefficient (Wildman–Crippen LogP) is 5.34. The van der Waals surface area contributed by atoms with E-state index in [4.69, 9.17) is 31.1 Å². The zero-order chi connectivity index (χ0) is 37.0. The minimum atomic E-state index is -0.260. The van der Waals surface area contributed by atoms with Gasteiger partial charge in [-0.05, 0) is 73.9 Å². The third-order valence-electron chi connectivity index (χ3n) is 11.0. The van der Waals surface area contributed by atoms with Crippen LogP contribution >= 0.6 is 11.6 Å². The number of likely N-dealkylation sites (tertiary alicyclic amines) is 1. The smallest absolute Gasteiger partial charge is 0.318 e. The van der Waals surface area contributed by atoms with Crippen molar-refractivity contribution in [1.29, 1.82) is 0 Å². The topological polar surface area (TPSA) is 133 Å². The molecule has 4 aliphatic heterocycles. The third kappa shape index (κ3) is 6.18. The van der Waals surface area contributed by atoms with Crippen molar-refractivity contribution >= 4 is 23.3 Å². The van der Waals surface area contributed by atoms with Gasteiger partial charge in [0, 0.05) is 79.9 Å². The average Bonchev–Trinajstić information content (AvgIpc) is 3.85. The number of aromatic nitrogens is 4. The molecule has 2 fully saturated rings. The summed E-state index contributed by atoms with van der Waals surface area (Å²) in [6.45, 7) is 7.33. The first-order valence-electron chi connectivity index (χ1n) is 17.9.